The van der Waals surface area contributed by atoms with E-state index in [9.17, 15) is 4.79 Å². The number of hydrogen-bond acceptors (Lipinski definition) is 3. The quantitative estimate of drug-likeness (QED) is 0.764. The molecule has 1 aliphatic heterocycles. The second-order valence-electron chi connectivity index (χ2n) is 5.72. The SMILES string of the molecule is C=CCN(CC=C)C(=O)c1ccc(N2CCc3ccccc32)nc1. The van der Waals surface area contributed by atoms with Crippen molar-refractivity contribution in [2.45, 2.75) is 6.42 Å². The summed E-state index contributed by atoms with van der Waals surface area (Å²) in [5, 5.41) is 0. The zero-order valence-corrected chi connectivity index (χ0v) is 13.7. The molecule has 4 nitrogen and oxygen atoms in total. The van der Waals surface area contributed by atoms with Crippen molar-refractivity contribution in [2.75, 3.05) is 24.5 Å². The number of aromatic nitrogens is 1. The molecule has 1 aromatic heterocycles. The van der Waals surface area contributed by atoms with E-state index in [1.165, 1.54) is 11.3 Å². The normalized spacial score (nSPS) is 12.6. The summed E-state index contributed by atoms with van der Waals surface area (Å²) in [5.41, 5.74) is 3.11. The van der Waals surface area contributed by atoms with E-state index in [1.807, 2.05) is 18.2 Å². The largest absolute Gasteiger partial charge is 0.331 e. The van der Waals surface area contributed by atoms with Crippen molar-refractivity contribution in [3.8, 4) is 0 Å². The molecule has 0 saturated heterocycles. The van der Waals surface area contributed by atoms with Gasteiger partial charge in [0.15, 0.2) is 0 Å². The number of anilines is 2. The zero-order valence-electron chi connectivity index (χ0n) is 13.7. The monoisotopic (exact) mass is 319 g/mol. The Hall–Kier alpha value is -2.88. The summed E-state index contributed by atoms with van der Waals surface area (Å²) in [6.45, 7) is 9.29. The fourth-order valence-electron chi connectivity index (χ4n) is 2.98. The van der Waals surface area contributed by atoms with E-state index in [2.05, 4.69) is 41.2 Å². The van der Waals surface area contributed by atoms with Crippen LogP contribution in [0.15, 0.2) is 67.9 Å². The minimum absolute atomic E-state index is 0.0596. The van der Waals surface area contributed by atoms with Crippen LogP contribution in [-0.2, 0) is 6.42 Å². The molecule has 3 rings (SSSR count). The maximum absolute atomic E-state index is 12.5. The average molecular weight is 319 g/mol. The number of carbonyl (C=O) groups is 1. The molecule has 1 amide bonds. The molecular weight excluding hydrogens is 298 g/mol. The standard InChI is InChI=1S/C20H21N3O/c1-3-12-22(13-4-2)20(24)17-9-10-19(21-15-17)23-14-11-16-7-5-6-8-18(16)23/h3-10,15H,1-2,11-14H2. The number of hydrogen-bond donors (Lipinski definition) is 0. The van der Waals surface area contributed by atoms with Crippen LogP contribution in [0.5, 0.6) is 0 Å². The third kappa shape index (κ3) is 3.08. The van der Waals surface area contributed by atoms with E-state index in [-0.39, 0.29) is 5.91 Å². The Morgan fingerprint density at radius 3 is 2.58 bits per heavy atom. The second kappa shape index (κ2) is 7.13. The van der Waals surface area contributed by atoms with Crippen LogP contribution in [-0.4, -0.2) is 35.4 Å². The third-order valence-electron chi connectivity index (χ3n) is 4.14. The molecule has 0 N–H and O–H groups in total. The van der Waals surface area contributed by atoms with Gasteiger partial charge < -0.3 is 9.80 Å². The highest BCUT2D eigenvalue weighted by molar-refractivity contribution is 5.94. The molecule has 122 valence electrons. The molecule has 2 heterocycles. The van der Waals surface area contributed by atoms with E-state index in [4.69, 9.17) is 0 Å². The first-order valence-corrected chi connectivity index (χ1v) is 8.07. The Labute approximate surface area is 142 Å². The number of benzene rings is 1. The highest BCUT2D eigenvalue weighted by atomic mass is 16.2. The minimum atomic E-state index is -0.0596. The Balaban J connectivity index is 1.80. The predicted octanol–water partition coefficient (Wildman–Crippen LogP) is 3.59. The van der Waals surface area contributed by atoms with Crippen LogP contribution < -0.4 is 4.90 Å². The molecule has 2 aromatic rings. The van der Waals surface area contributed by atoms with Crippen molar-refractivity contribution in [1.29, 1.82) is 0 Å². The Morgan fingerprint density at radius 1 is 1.17 bits per heavy atom. The van der Waals surface area contributed by atoms with Gasteiger partial charge in [-0.2, -0.15) is 0 Å². The van der Waals surface area contributed by atoms with Gasteiger partial charge in [0.05, 0.1) is 5.56 Å². The van der Waals surface area contributed by atoms with E-state index in [1.54, 1.807) is 23.2 Å². The molecule has 0 saturated carbocycles. The van der Waals surface area contributed by atoms with E-state index < -0.39 is 0 Å². The van der Waals surface area contributed by atoms with Gasteiger partial charge in [-0.3, -0.25) is 4.79 Å². The Morgan fingerprint density at radius 2 is 1.92 bits per heavy atom. The molecule has 0 aliphatic carbocycles. The maximum Gasteiger partial charge on any atom is 0.255 e. The molecule has 1 aromatic carbocycles. The number of para-hydroxylation sites is 1. The van der Waals surface area contributed by atoms with Crippen molar-refractivity contribution in [1.82, 2.24) is 9.88 Å². The highest BCUT2D eigenvalue weighted by Crippen LogP contribution is 2.32. The number of pyridine rings is 1. The first-order chi connectivity index (χ1) is 11.7. The highest BCUT2D eigenvalue weighted by Gasteiger charge is 2.21. The topological polar surface area (TPSA) is 36.4 Å². The minimum Gasteiger partial charge on any atom is -0.331 e. The number of nitrogens with zero attached hydrogens (tertiary/aromatic N) is 3. The molecule has 4 heteroatoms. The van der Waals surface area contributed by atoms with Crippen molar-refractivity contribution in [3.05, 3.63) is 79.0 Å². The summed E-state index contributed by atoms with van der Waals surface area (Å²) in [6, 6.07) is 12.1. The van der Waals surface area contributed by atoms with E-state index in [0.29, 0.717) is 18.7 Å². The van der Waals surface area contributed by atoms with Gasteiger partial charge in [0, 0.05) is 31.5 Å². The summed E-state index contributed by atoms with van der Waals surface area (Å²) in [7, 11) is 0. The summed E-state index contributed by atoms with van der Waals surface area (Å²) in [5.74, 6) is 0.811. The number of fused-ring (bicyclic) bond motifs is 1. The van der Waals surface area contributed by atoms with Gasteiger partial charge in [-0.05, 0) is 30.2 Å². The molecule has 0 bridgehead atoms. The molecule has 0 unspecified atom stereocenters. The summed E-state index contributed by atoms with van der Waals surface area (Å²) in [6.07, 6.45) is 6.09. The van der Waals surface area contributed by atoms with Gasteiger partial charge in [0.1, 0.15) is 5.82 Å². The van der Waals surface area contributed by atoms with Crippen LogP contribution in [0, 0.1) is 0 Å². The van der Waals surface area contributed by atoms with E-state index >= 15 is 0 Å². The molecule has 0 fully saturated rings. The van der Waals surface area contributed by atoms with Crippen LogP contribution in [0.2, 0.25) is 0 Å². The van der Waals surface area contributed by atoms with Gasteiger partial charge in [0.2, 0.25) is 0 Å². The summed E-state index contributed by atoms with van der Waals surface area (Å²) >= 11 is 0. The molecule has 0 atom stereocenters. The van der Waals surface area contributed by atoms with Crippen LogP contribution in [0.3, 0.4) is 0 Å². The molecular formula is C20H21N3O. The second-order valence-corrected chi connectivity index (χ2v) is 5.72. The van der Waals surface area contributed by atoms with Crippen LogP contribution >= 0.6 is 0 Å². The average Bonchev–Trinajstić information content (AvgIpc) is 3.05. The lowest BCUT2D eigenvalue weighted by Crippen LogP contribution is -2.31. The van der Waals surface area contributed by atoms with E-state index in [0.717, 1.165) is 18.8 Å². The van der Waals surface area contributed by atoms with Crippen molar-refractivity contribution >= 4 is 17.4 Å². The van der Waals surface area contributed by atoms with Gasteiger partial charge >= 0.3 is 0 Å². The van der Waals surface area contributed by atoms with Crippen molar-refractivity contribution in [3.63, 3.8) is 0 Å². The smallest absolute Gasteiger partial charge is 0.255 e. The lowest BCUT2D eigenvalue weighted by molar-refractivity contribution is 0.0790. The predicted molar refractivity (Wildman–Crippen MR) is 97.7 cm³/mol. The lowest BCUT2D eigenvalue weighted by atomic mass is 10.2. The molecule has 1 aliphatic rings. The zero-order chi connectivity index (χ0) is 16.9. The molecule has 0 radical (unpaired) electrons. The summed E-state index contributed by atoms with van der Waals surface area (Å²) < 4.78 is 0. The number of amides is 1. The number of rotatable bonds is 6. The maximum atomic E-state index is 12.5. The van der Waals surface area contributed by atoms with Gasteiger partial charge in [0.25, 0.3) is 5.91 Å². The summed E-state index contributed by atoms with van der Waals surface area (Å²) in [4.78, 5) is 20.9. The Kier molecular flexibility index (Phi) is 4.75. The van der Waals surface area contributed by atoms with Crippen LogP contribution in [0.25, 0.3) is 0 Å². The molecule has 24 heavy (non-hydrogen) atoms. The Bertz CT molecular complexity index is 742. The van der Waals surface area contributed by atoms with Crippen LogP contribution in [0.1, 0.15) is 15.9 Å². The van der Waals surface area contributed by atoms with Crippen molar-refractivity contribution in [2.24, 2.45) is 0 Å². The van der Waals surface area contributed by atoms with Crippen molar-refractivity contribution < 1.29 is 4.79 Å². The van der Waals surface area contributed by atoms with Crippen LogP contribution in [0.4, 0.5) is 11.5 Å². The third-order valence-corrected chi connectivity index (χ3v) is 4.14. The first kappa shape index (κ1) is 16.0. The number of carbonyl (C=O) groups excluding carboxylic acids is 1. The molecule has 0 spiro atoms. The fraction of sp³-hybridized carbons (Fsp3) is 0.200. The van der Waals surface area contributed by atoms with Gasteiger partial charge in [-0.25, -0.2) is 4.98 Å². The fourth-order valence-corrected chi connectivity index (χ4v) is 2.98. The first-order valence-electron chi connectivity index (χ1n) is 8.07. The van der Waals surface area contributed by atoms with Gasteiger partial charge in [-0.1, -0.05) is 30.4 Å². The lowest BCUT2D eigenvalue weighted by Gasteiger charge is -2.21. The van der Waals surface area contributed by atoms with Gasteiger partial charge in [-0.15, -0.1) is 13.2 Å².